The number of alkyl carbamates (subject to hydrolysis) is 1. The molecule has 1 aromatic heterocycles. The van der Waals surface area contributed by atoms with Crippen molar-refractivity contribution in [3.8, 4) is 17.2 Å². The zero-order chi connectivity index (χ0) is 17.7. The van der Waals surface area contributed by atoms with Crippen molar-refractivity contribution in [2.24, 2.45) is 0 Å². The van der Waals surface area contributed by atoms with Crippen LogP contribution < -0.4 is 5.32 Å². The van der Waals surface area contributed by atoms with Gasteiger partial charge in [0, 0.05) is 18.3 Å². The van der Waals surface area contributed by atoms with E-state index in [1.54, 1.807) is 43.9 Å². The number of carbonyl (C=O) groups excluding carboxylic acids is 1. The van der Waals surface area contributed by atoms with Gasteiger partial charge in [0.2, 0.25) is 0 Å². The molecular formula is C17H19FN4O2. The molecule has 0 spiro atoms. The van der Waals surface area contributed by atoms with Crippen LogP contribution in [-0.4, -0.2) is 28.0 Å². The quantitative estimate of drug-likeness (QED) is 0.934. The van der Waals surface area contributed by atoms with Gasteiger partial charge in [-0.3, -0.25) is 4.68 Å². The second kappa shape index (κ2) is 7.13. The number of carbonyl (C=O) groups is 1. The number of nitrogens with zero attached hydrogens (tertiary/aromatic N) is 3. The fourth-order valence-corrected chi connectivity index (χ4v) is 2.04. The average Bonchev–Trinajstić information content (AvgIpc) is 2.93. The summed E-state index contributed by atoms with van der Waals surface area (Å²) in [5.74, 6) is -0.469. The molecule has 0 bridgehead atoms. The highest BCUT2D eigenvalue weighted by atomic mass is 19.1. The molecule has 0 atom stereocenters. The molecule has 2 aromatic rings. The molecule has 0 radical (unpaired) electrons. The molecule has 1 heterocycles. The summed E-state index contributed by atoms with van der Waals surface area (Å²) in [5, 5.41) is 15.7. The average molecular weight is 330 g/mol. The summed E-state index contributed by atoms with van der Waals surface area (Å²) in [6.45, 7) is 6.17. The maximum Gasteiger partial charge on any atom is 0.407 e. The summed E-state index contributed by atoms with van der Waals surface area (Å²) in [5.41, 5.74) is 0.990. The van der Waals surface area contributed by atoms with E-state index in [9.17, 15) is 9.18 Å². The van der Waals surface area contributed by atoms with Gasteiger partial charge in [0.25, 0.3) is 0 Å². The topological polar surface area (TPSA) is 79.9 Å². The van der Waals surface area contributed by atoms with Crippen LogP contribution in [0.5, 0.6) is 0 Å². The zero-order valence-electron chi connectivity index (χ0n) is 13.8. The fraction of sp³-hybridized carbons (Fsp3) is 0.353. The Kier molecular flexibility index (Phi) is 5.19. The van der Waals surface area contributed by atoms with Gasteiger partial charge in [0.15, 0.2) is 0 Å². The lowest BCUT2D eigenvalue weighted by Gasteiger charge is -2.19. The predicted octanol–water partition coefficient (Wildman–Crippen LogP) is 3.09. The summed E-state index contributed by atoms with van der Waals surface area (Å²) in [7, 11) is 0. The lowest BCUT2D eigenvalue weighted by atomic mass is 10.1. The zero-order valence-corrected chi connectivity index (χ0v) is 13.8. The lowest BCUT2D eigenvalue weighted by molar-refractivity contribution is 0.0525. The van der Waals surface area contributed by atoms with Crippen LogP contribution in [0, 0.1) is 17.1 Å². The second-order valence-corrected chi connectivity index (χ2v) is 6.26. The number of aromatic nitrogens is 2. The largest absolute Gasteiger partial charge is 0.444 e. The van der Waals surface area contributed by atoms with Crippen molar-refractivity contribution >= 4 is 6.09 Å². The molecule has 0 aliphatic carbocycles. The van der Waals surface area contributed by atoms with Crippen molar-refractivity contribution < 1.29 is 13.9 Å². The van der Waals surface area contributed by atoms with Crippen LogP contribution in [0.15, 0.2) is 30.6 Å². The fourth-order valence-electron chi connectivity index (χ4n) is 2.04. The van der Waals surface area contributed by atoms with E-state index in [-0.39, 0.29) is 5.56 Å². The van der Waals surface area contributed by atoms with Crippen LogP contribution in [-0.2, 0) is 11.3 Å². The van der Waals surface area contributed by atoms with Gasteiger partial charge in [-0.15, -0.1) is 0 Å². The second-order valence-electron chi connectivity index (χ2n) is 6.26. The number of hydrogen-bond acceptors (Lipinski definition) is 4. The van der Waals surface area contributed by atoms with Crippen LogP contribution >= 0.6 is 0 Å². The number of nitriles is 1. The maximum atomic E-state index is 13.5. The molecule has 0 aliphatic rings. The molecule has 0 saturated carbocycles. The Hall–Kier alpha value is -2.88. The molecule has 1 amide bonds. The molecule has 2 rings (SSSR count). The molecule has 1 N–H and O–H groups in total. The number of amides is 1. The highest BCUT2D eigenvalue weighted by Gasteiger charge is 2.15. The van der Waals surface area contributed by atoms with Crippen molar-refractivity contribution in [3.63, 3.8) is 0 Å². The molecular weight excluding hydrogens is 311 g/mol. The molecule has 0 unspecified atom stereocenters. The predicted molar refractivity (Wildman–Crippen MR) is 86.6 cm³/mol. The van der Waals surface area contributed by atoms with Gasteiger partial charge in [0.1, 0.15) is 11.4 Å². The van der Waals surface area contributed by atoms with Crippen LogP contribution in [0.2, 0.25) is 0 Å². The van der Waals surface area contributed by atoms with Gasteiger partial charge in [-0.05, 0) is 44.5 Å². The Morgan fingerprint density at radius 2 is 2.12 bits per heavy atom. The summed E-state index contributed by atoms with van der Waals surface area (Å²) in [6.07, 6.45) is 2.83. The third kappa shape index (κ3) is 5.09. The lowest BCUT2D eigenvalue weighted by Crippen LogP contribution is -2.34. The number of hydrogen-bond donors (Lipinski definition) is 1. The third-order valence-electron chi connectivity index (χ3n) is 3.00. The summed E-state index contributed by atoms with van der Waals surface area (Å²) in [6, 6.07) is 6.05. The number of nitrogens with one attached hydrogen (secondary N) is 1. The van der Waals surface area contributed by atoms with Crippen LogP contribution in [0.3, 0.4) is 0 Å². The van der Waals surface area contributed by atoms with Crippen LogP contribution in [0.4, 0.5) is 9.18 Å². The van der Waals surface area contributed by atoms with E-state index in [2.05, 4.69) is 10.4 Å². The van der Waals surface area contributed by atoms with Gasteiger partial charge in [0.05, 0.1) is 24.4 Å². The molecule has 126 valence electrons. The standard InChI is InChI=1S/C17H19FN4O2/c1-17(2,3)24-16(23)20-4-5-22-11-14(10-21-22)13-6-12(9-19)7-15(18)8-13/h6-8,10-11H,4-5H2,1-3H3,(H,20,23). The van der Waals surface area contributed by atoms with Gasteiger partial charge in [-0.25, -0.2) is 9.18 Å². The van der Waals surface area contributed by atoms with E-state index in [1.165, 1.54) is 12.1 Å². The van der Waals surface area contributed by atoms with E-state index in [1.807, 2.05) is 6.07 Å². The SMILES string of the molecule is CC(C)(C)OC(=O)NCCn1cc(-c2cc(F)cc(C#N)c2)cn1. The first-order valence-corrected chi connectivity index (χ1v) is 7.47. The van der Waals surface area contributed by atoms with E-state index in [0.717, 1.165) is 0 Å². The first kappa shape index (κ1) is 17.5. The molecule has 0 aliphatic heterocycles. The minimum absolute atomic E-state index is 0.254. The van der Waals surface area contributed by atoms with Crippen molar-refractivity contribution in [1.29, 1.82) is 5.26 Å². The third-order valence-corrected chi connectivity index (χ3v) is 3.00. The first-order chi connectivity index (χ1) is 11.3. The summed E-state index contributed by atoms with van der Waals surface area (Å²) < 4.78 is 20.3. The van der Waals surface area contributed by atoms with Crippen LogP contribution in [0.1, 0.15) is 26.3 Å². The van der Waals surface area contributed by atoms with Crippen LogP contribution in [0.25, 0.3) is 11.1 Å². The monoisotopic (exact) mass is 330 g/mol. The van der Waals surface area contributed by atoms with E-state index in [0.29, 0.717) is 24.2 Å². The highest BCUT2D eigenvalue weighted by Crippen LogP contribution is 2.21. The van der Waals surface area contributed by atoms with E-state index < -0.39 is 17.5 Å². The summed E-state index contributed by atoms with van der Waals surface area (Å²) in [4.78, 5) is 11.5. The Morgan fingerprint density at radius 3 is 2.79 bits per heavy atom. The molecule has 6 nitrogen and oxygen atoms in total. The summed E-state index contributed by atoms with van der Waals surface area (Å²) >= 11 is 0. The Bertz CT molecular complexity index is 772. The Morgan fingerprint density at radius 1 is 1.38 bits per heavy atom. The van der Waals surface area contributed by atoms with Crippen molar-refractivity contribution in [2.75, 3.05) is 6.54 Å². The number of benzene rings is 1. The van der Waals surface area contributed by atoms with E-state index in [4.69, 9.17) is 10.00 Å². The minimum Gasteiger partial charge on any atom is -0.444 e. The van der Waals surface area contributed by atoms with Crippen molar-refractivity contribution in [3.05, 3.63) is 42.0 Å². The molecule has 0 saturated heterocycles. The molecule has 0 fully saturated rings. The highest BCUT2D eigenvalue weighted by molar-refractivity contribution is 5.67. The first-order valence-electron chi connectivity index (χ1n) is 7.47. The van der Waals surface area contributed by atoms with Gasteiger partial charge < -0.3 is 10.1 Å². The Labute approximate surface area is 139 Å². The number of rotatable bonds is 4. The Balaban J connectivity index is 1.96. The van der Waals surface area contributed by atoms with Crippen molar-refractivity contribution in [2.45, 2.75) is 32.9 Å². The minimum atomic E-state index is -0.543. The molecule has 24 heavy (non-hydrogen) atoms. The van der Waals surface area contributed by atoms with Gasteiger partial charge >= 0.3 is 6.09 Å². The number of ether oxygens (including phenoxy) is 1. The molecule has 1 aromatic carbocycles. The number of halogens is 1. The van der Waals surface area contributed by atoms with Crippen molar-refractivity contribution in [1.82, 2.24) is 15.1 Å². The molecule has 7 heteroatoms. The van der Waals surface area contributed by atoms with Gasteiger partial charge in [-0.1, -0.05) is 0 Å². The van der Waals surface area contributed by atoms with Gasteiger partial charge in [-0.2, -0.15) is 10.4 Å². The van der Waals surface area contributed by atoms with E-state index >= 15 is 0 Å². The smallest absolute Gasteiger partial charge is 0.407 e. The normalized spacial score (nSPS) is 11.0. The maximum absolute atomic E-state index is 13.5.